The fourth-order valence-electron chi connectivity index (χ4n) is 2.02. The Morgan fingerprint density at radius 3 is 2.76 bits per heavy atom. The second-order valence-electron chi connectivity index (χ2n) is 4.35. The Labute approximate surface area is 100 Å². The van der Waals surface area contributed by atoms with E-state index in [0.717, 1.165) is 25.2 Å². The molecule has 92 valence electrons. The third-order valence-corrected chi connectivity index (χ3v) is 3.04. The Balaban J connectivity index is 1.84. The Bertz CT molecular complexity index is 372. The lowest BCUT2D eigenvalue weighted by atomic mass is 10.1. The van der Waals surface area contributed by atoms with Crippen molar-refractivity contribution in [1.82, 2.24) is 10.6 Å². The maximum Gasteiger partial charge on any atom is 0.269 e. The van der Waals surface area contributed by atoms with Crippen LogP contribution < -0.4 is 10.6 Å². The zero-order valence-corrected chi connectivity index (χ0v) is 9.69. The number of rotatable bonds is 4. The summed E-state index contributed by atoms with van der Waals surface area (Å²) in [7, 11) is 0. The molecule has 1 unspecified atom stereocenters. The SMILES string of the molecule is O=[N+]([O-])c1ccc(CNC2CCCNC2)cc1. The van der Waals surface area contributed by atoms with Crippen molar-refractivity contribution in [3.8, 4) is 0 Å². The van der Waals surface area contributed by atoms with Gasteiger partial charge in [-0.05, 0) is 24.9 Å². The molecular weight excluding hydrogens is 218 g/mol. The summed E-state index contributed by atoms with van der Waals surface area (Å²) in [5.74, 6) is 0. The molecular formula is C12H17N3O2. The van der Waals surface area contributed by atoms with Gasteiger partial charge < -0.3 is 10.6 Å². The van der Waals surface area contributed by atoms with Gasteiger partial charge in [0.05, 0.1) is 4.92 Å². The molecule has 0 saturated carbocycles. The van der Waals surface area contributed by atoms with Gasteiger partial charge in [-0.1, -0.05) is 12.1 Å². The number of nitrogens with one attached hydrogen (secondary N) is 2. The van der Waals surface area contributed by atoms with E-state index in [4.69, 9.17) is 0 Å². The number of nitro groups is 1. The van der Waals surface area contributed by atoms with Gasteiger partial charge in [0.15, 0.2) is 0 Å². The van der Waals surface area contributed by atoms with E-state index in [1.54, 1.807) is 24.3 Å². The fourth-order valence-corrected chi connectivity index (χ4v) is 2.02. The van der Waals surface area contributed by atoms with Crippen LogP contribution in [0.2, 0.25) is 0 Å². The van der Waals surface area contributed by atoms with Crippen LogP contribution in [0.15, 0.2) is 24.3 Å². The first-order chi connectivity index (χ1) is 8.25. The summed E-state index contributed by atoms with van der Waals surface area (Å²) in [6, 6.07) is 7.23. The number of nitrogens with zero attached hydrogens (tertiary/aromatic N) is 1. The van der Waals surface area contributed by atoms with Crippen LogP contribution in [0.25, 0.3) is 0 Å². The van der Waals surface area contributed by atoms with Crippen LogP contribution in [0.1, 0.15) is 18.4 Å². The summed E-state index contributed by atoms with van der Waals surface area (Å²) < 4.78 is 0. The van der Waals surface area contributed by atoms with Crippen LogP contribution in [-0.2, 0) is 6.54 Å². The maximum atomic E-state index is 10.5. The standard InChI is InChI=1S/C12H17N3O2/c16-15(17)12-5-3-10(4-6-12)8-14-11-2-1-7-13-9-11/h3-6,11,13-14H,1-2,7-9H2. The third kappa shape index (κ3) is 3.51. The first-order valence-electron chi connectivity index (χ1n) is 5.93. The Kier molecular flexibility index (Phi) is 4.06. The van der Waals surface area contributed by atoms with Crippen molar-refractivity contribution in [3.05, 3.63) is 39.9 Å². The first-order valence-corrected chi connectivity index (χ1v) is 5.93. The van der Waals surface area contributed by atoms with Crippen LogP contribution >= 0.6 is 0 Å². The van der Waals surface area contributed by atoms with Gasteiger partial charge >= 0.3 is 0 Å². The summed E-state index contributed by atoms with van der Waals surface area (Å²) in [6.07, 6.45) is 2.40. The summed E-state index contributed by atoms with van der Waals surface area (Å²) in [5, 5.41) is 17.3. The van der Waals surface area contributed by atoms with E-state index in [1.165, 1.54) is 12.8 Å². The summed E-state index contributed by atoms with van der Waals surface area (Å²) in [4.78, 5) is 10.1. The lowest BCUT2D eigenvalue weighted by molar-refractivity contribution is -0.384. The highest BCUT2D eigenvalue weighted by atomic mass is 16.6. The van der Waals surface area contributed by atoms with E-state index >= 15 is 0 Å². The largest absolute Gasteiger partial charge is 0.315 e. The minimum atomic E-state index is -0.373. The molecule has 1 aromatic rings. The molecule has 0 aliphatic carbocycles. The summed E-state index contributed by atoms with van der Waals surface area (Å²) in [6.45, 7) is 2.88. The van der Waals surface area contributed by atoms with Gasteiger partial charge in [-0.25, -0.2) is 0 Å². The Hall–Kier alpha value is -1.46. The minimum absolute atomic E-state index is 0.146. The van der Waals surface area contributed by atoms with E-state index in [1.807, 2.05) is 0 Å². The fraction of sp³-hybridized carbons (Fsp3) is 0.500. The number of hydrogen-bond acceptors (Lipinski definition) is 4. The molecule has 1 atom stereocenters. The highest BCUT2D eigenvalue weighted by molar-refractivity contribution is 5.32. The molecule has 1 heterocycles. The molecule has 1 aromatic carbocycles. The van der Waals surface area contributed by atoms with Crippen LogP contribution in [0, 0.1) is 10.1 Å². The van der Waals surface area contributed by atoms with Crippen LogP contribution in [0.5, 0.6) is 0 Å². The molecule has 5 nitrogen and oxygen atoms in total. The van der Waals surface area contributed by atoms with Crippen LogP contribution in [0.4, 0.5) is 5.69 Å². The average molecular weight is 235 g/mol. The van der Waals surface area contributed by atoms with Crippen molar-refractivity contribution in [2.24, 2.45) is 0 Å². The monoisotopic (exact) mass is 235 g/mol. The van der Waals surface area contributed by atoms with Gasteiger partial charge in [-0.15, -0.1) is 0 Å². The number of hydrogen-bond donors (Lipinski definition) is 2. The van der Waals surface area contributed by atoms with Gasteiger partial charge in [-0.2, -0.15) is 0 Å². The number of non-ortho nitro benzene ring substituents is 1. The van der Waals surface area contributed by atoms with E-state index < -0.39 is 0 Å². The summed E-state index contributed by atoms with van der Waals surface area (Å²) in [5.41, 5.74) is 1.23. The second-order valence-corrected chi connectivity index (χ2v) is 4.35. The molecule has 1 aliphatic heterocycles. The van der Waals surface area contributed by atoms with Crippen LogP contribution in [0.3, 0.4) is 0 Å². The predicted octanol–water partition coefficient (Wildman–Crippen LogP) is 1.44. The van der Waals surface area contributed by atoms with Crippen molar-refractivity contribution in [2.75, 3.05) is 13.1 Å². The average Bonchev–Trinajstić information content (AvgIpc) is 2.38. The molecule has 2 N–H and O–H groups in total. The number of nitro benzene ring substituents is 1. The maximum absolute atomic E-state index is 10.5. The van der Waals surface area contributed by atoms with Crippen molar-refractivity contribution < 1.29 is 4.92 Å². The molecule has 0 aromatic heterocycles. The van der Waals surface area contributed by atoms with Gasteiger partial charge in [0.25, 0.3) is 5.69 Å². The molecule has 1 saturated heterocycles. The Morgan fingerprint density at radius 2 is 2.18 bits per heavy atom. The van der Waals surface area contributed by atoms with E-state index in [2.05, 4.69) is 10.6 Å². The lowest BCUT2D eigenvalue weighted by Crippen LogP contribution is -2.42. The van der Waals surface area contributed by atoms with Crippen molar-refractivity contribution in [1.29, 1.82) is 0 Å². The van der Waals surface area contributed by atoms with E-state index in [-0.39, 0.29) is 10.6 Å². The third-order valence-electron chi connectivity index (χ3n) is 3.04. The van der Waals surface area contributed by atoms with Crippen molar-refractivity contribution in [3.63, 3.8) is 0 Å². The first kappa shape index (κ1) is 12.0. The molecule has 1 fully saturated rings. The number of piperidine rings is 1. The van der Waals surface area contributed by atoms with E-state index in [0.29, 0.717) is 6.04 Å². The molecule has 2 rings (SSSR count). The second kappa shape index (κ2) is 5.75. The van der Waals surface area contributed by atoms with Gasteiger partial charge in [0.1, 0.15) is 0 Å². The molecule has 1 aliphatic rings. The van der Waals surface area contributed by atoms with E-state index in [9.17, 15) is 10.1 Å². The molecule has 0 amide bonds. The highest BCUT2D eigenvalue weighted by Crippen LogP contribution is 2.12. The highest BCUT2D eigenvalue weighted by Gasteiger charge is 2.12. The molecule has 5 heteroatoms. The predicted molar refractivity (Wildman–Crippen MR) is 65.8 cm³/mol. The smallest absolute Gasteiger partial charge is 0.269 e. The molecule has 0 spiro atoms. The van der Waals surface area contributed by atoms with Crippen LogP contribution in [-0.4, -0.2) is 24.1 Å². The lowest BCUT2D eigenvalue weighted by Gasteiger charge is -2.23. The Morgan fingerprint density at radius 1 is 1.41 bits per heavy atom. The zero-order chi connectivity index (χ0) is 12.1. The number of benzene rings is 1. The zero-order valence-electron chi connectivity index (χ0n) is 9.69. The van der Waals surface area contributed by atoms with Gasteiger partial charge in [0.2, 0.25) is 0 Å². The van der Waals surface area contributed by atoms with Gasteiger partial charge in [0, 0.05) is 31.3 Å². The molecule has 0 bridgehead atoms. The quantitative estimate of drug-likeness (QED) is 0.612. The van der Waals surface area contributed by atoms with Gasteiger partial charge in [-0.3, -0.25) is 10.1 Å². The normalized spacial score (nSPS) is 20.1. The molecule has 17 heavy (non-hydrogen) atoms. The minimum Gasteiger partial charge on any atom is -0.315 e. The van der Waals surface area contributed by atoms with Crippen molar-refractivity contribution >= 4 is 5.69 Å². The van der Waals surface area contributed by atoms with Crippen molar-refractivity contribution in [2.45, 2.75) is 25.4 Å². The topological polar surface area (TPSA) is 67.2 Å². The molecule has 0 radical (unpaired) electrons. The summed E-state index contributed by atoms with van der Waals surface area (Å²) >= 11 is 0.